The van der Waals surface area contributed by atoms with Gasteiger partial charge in [0, 0.05) is 0 Å². The number of hydrogen-bond acceptors (Lipinski definition) is 5. The van der Waals surface area contributed by atoms with Gasteiger partial charge in [-0.05, 0) is 25.2 Å². The van der Waals surface area contributed by atoms with Gasteiger partial charge in [0.1, 0.15) is 12.2 Å². The Hall–Kier alpha value is -0.620. The largest absolute Gasteiger partial charge is 0.508 e. The summed E-state index contributed by atoms with van der Waals surface area (Å²) in [5.41, 5.74) is 0. The smallest absolute Gasteiger partial charge is 0.434 e. The summed E-state index contributed by atoms with van der Waals surface area (Å²) in [7, 11) is -4.58. The maximum Gasteiger partial charge on any atom is 0.508 e. The van der Waals surface area contributed by atoms with E-state index >= 15 is 0 Å². The van der Waals surface area contributed by atoms with Crippen molar-refractivity contribution in [2.24, 2.45) is 5.92 Å². The summed E-state index contributed by atoms with van der Waals surface area (Å²) in [6, 6.07) is 0. The number of carbonyl (C=O) groups excluding carboxylic acids is 1. The lowest BCUT2D eigenvalue weighted by Gasteiger charge is -2.30. The molecule has 1 rings (SSSR count). The molecule has 0 radical (unpaired) electrons. The van der Waals surface area contributed by atoms with Gasteiger partial charge in [0.2, 0.25) is 0 Å². The summed E-state index contributed by atoms with van der Waals surface area (Å²) in [5.74, 6) is 0.195. The molecule has 0 spiro atoms. The molecule has 2 N–H and O–H groups in total. The SMILES string of the molecule is CC(C)COC(=O)O[C@@H]1CCCC[C@H]1OP(=O)(O)O. The maximum absolute atomic E-state index is 11.4. The van der Waals surface area contributed by atoms with Crippen molar-refractivity contribution in [1.82, 2.24) is 0 Å². The molecular weight excluding hydrogens is 275 g/mol. The zero-order valence-corrected chi connectivity index (χ0v) is 12.0. The molecule has 1 fully saturated rings. The first-order valence-electron chi connectivity index (χ1n) is 6.35. The molecule has 0 heterocycles. The van der Waals surface area contributed by atoms with Crippen LogP contribution in [0.3, 0.4) is 0 Å². The highest BCUT2D eigenvalue weighted by Gasteiger charge is 2.34. The lowest BCUT2D eigenvalue weighted by Crippen LogP contribution is -2.36. The van der Waals surface area contributed by atoms with Gasteiger partial charge >= 0.3 is 14.0 Å². The molecule has 2 atom stereocenters. The van der Waals surface area contributed by atoms with Crippen LogP contribution in [0.4, 0.5) is 4.79 Å². The topological polar surface area (TPSA) is 102 Å². The third-order valence-corrected chi connectivity index (χ3v) is 3.24. The fraction of sp³-hybridized carbons (Fsp3) is 0.909. The van der Waals surface area contributed by atoms with Gasteiger partial charge in [0.15, 0.2) is 0 Å². The zero-order valence-electron chi connectivity index (χ0n) is 11.2. The first kappa shape index (κ1) is 16.4. The highest BCUT2D eigenvalue weighted by molar-refractivity contribution is 7.46. The van der Waals surface area contributed by atoms with Gasteiger partial charge in [-0.15, -0.1) is 0 Å². The van der Waals surface area contributed by atoms with E-state index < -0.39 is 26.2 Å². The van der Waals surface area contributed by atoms with E-state index in [9.17, 15) is 9.36 Å². The van der Waals surface area contributed by atoms with E-state index in [0.29, 0.717) is 12.8 Å². The Balaban J connectivity index is 2.48. The van der Waals surface area contributed by atoms with Crippen LogP contribution >= 0.6 is 7.82 Å². The molecule has 0 saturated heterocycles. The second-order valence-corrected chi connectivity index (χ2v) is 6.22. The summed E-state index contributed by atoms with van der Waals surface area (Å²) >= 11 is 0. The molecule has 7 nitrogen and oxygen atoms in total. The minimum Gasteiger partial charge on any atom is -0.434 e. The Morgan fingerprint density at radius 3 is 2.37 bits per heavy atom. The molecular formula is C11H21O7P. The van der Waals surface area contributed by atoms with Gasteiger partial charge in [0.05, 0.1) is 6.61 Å². The number of ether oxygens (including phenoxy) is 2. The average molecular weight is 296 g/mol. The van der Waals surface area contributed by atoms with E-state index in [1.165, 1.54) is 0 Å². The highest BCUT2D eigenvalue weighted by Crippen LogP contribution is 2.41. The Kier molecular flexibility index (Phi) is 6.26. The fourth-order valence-electron chi connectivity index (χ4n) is 1.89. The van der Waals surface area contributed by atoms with Crippen molar-refractivity contribution >= 4 is 14.0 Å². The van der Waals surface area contributed by atoms with Gasteiger partial charge in [0.25, 0.3) is 0 Å². The summed E-state index contributed by atoms with van der Waals surface area (Å²) in [5, 5.41) is 0. The second-order valence-electron chi connectivity index (χ2n) is 5.03. The normalized spacial score (nSPS) is 24.3. The van der Waals surface area contributed by atoms with Crippen LogP contribution in [-0.4, -0.2) is 34.8 Å². The Bertz CT molecular complexity index is 338. The molecule has 0 aromatic heterocycles. The van der Waals surface area contributed by atoms with E-state index in [2.05, 4.69) is 4.52 Å². The fourth-order valence-corrected chi connectivity index (χ4v) is 2.48. The lowest BCUT2D eigenvalue weighted by atomic mass is 9.95. The Labute approximate surface area is 112 Å². The molecule has 0 unspecified atom stereocenters. The summed E-state index contributed by atoms with van der Waals surface area (Å²) < 4.78 is 25.4. The van der Waals surface area contributed by atoms with Gasteiger partial charge in [-0.1, -0.05) is 20.3 Å². The van der Waals surface area contributed by atoms with Crippen molar-refractivity contribution < 1.29 is 33.1 Å². The molecule has 1 aliphatic carbocycles. The molecule has 0 aromatic carbocycles. The van der Waals surface area contributed by atoms with Crippen LogP contribution in [-0.2, 0) is 18.6 Å². The molecule has 112 valence electrons. The van der Waals surface area contributed by atoms with E-state index in [4.69, 9.17) is 19.3 Å². The van der Waals surface area contributed by atoms with Crippen molar-refractivity contribution in [2.75, 3.05) is 6.61 Å². The van der Waals surface area contributed by atoms with Crippen LogP contribution in [0.5, 0.6) is 0 Å². The number of phosphoric acid groups is 1. The first-order chi connectivity index (χ1) is 8.78. The van der Waals surface area contributed by atoms with Crippen LogP contribution in [0.1, 0.15) is 39.5 Å². The number of rotatable bonds is 5. The zero-order chi connectivity index (χ0) is 14.5. The Morgan fingerprint density at radius 1 is 1.26 bits per heavy atom. The van der Waals surface area contributed by atoms with E-state index in [-0.39, 0.29) is 12.5 Å². The lowest BCUT2D eigenvalue weighted by molar-refractivity contribution is -0.0496. The molecule has 0 amide bonds. The molecule has 1 saturated carbocycles. The predicted octanol–water partition coefficient (Wildman–Crippen LogP) is 2.22. The third kappa shape index (κ3) is 6.92. The van der Waals surface area contributed by atoms with Gasteiger partial charge < -0.3 is 19.3 Å². The Morgan fingerprint density at radius 2 is 1.84 bits per heavy atom. The van der Waals surface area contributed by atoms with Crippen molar-refractivity contribution in [1.29, 1.82) is 0 Å². The monoisotopic (exact) mass is 296 g/mol. The average Bonchev–Trinajstić information content (AvgIpc) is 2.27. The van der Waals surface area contributed by atoms with E-state index in [1.807, 2.05) is 13.8 Å². The summed E-state index contributed by atoms with van der Waals surface area (Å²) in [6.45, 7) is 4.04. The van der Waals surface area contributed by atoms with Crippen LogP contribution in [0.25, 0.3) is 0 Å². The quantitative estimate of drug-likeness (QED) is 0.592. The van der Waals surface area contributed by atoms with Crippen molar-refractivity contribution in [2.45, 2.75) is 51.7 Å². The third-order valence-electron chi connectivity index (χ3n) is 2.70. The van der Waals surface area contributed by atoms with Crippen molar-refractivity contribution in [3.05, 3.63) is 0 Å². The first-order valence-corrected chi connectivity index (χ1v) is 7.88. The predicted molar refractivity (Wildman–Crippen MR) is 66.4 cm³/mol. The van der Waals surface area contributed by atoms with Gasteiger partial charge in [-0.2, -0.15) is 0 Å². The van der Waals surface area contributed by atoms with Crippen molar-refractivity contribution in [3.63, 3.8) is 0 Å². The molecule has 0 bridgehead atoms. The van der Waals surface area contributed by atoms with Gasteiger partial charge in [-0.3, -0.25) is 4.52 Å². The molecule has 0 aliphatic heterocycles. The standard InChI is InChI=1S/C11H21O7P/c1-8(2)7-16-11(12)17-9-5-3-4-6-10(9)18-19(13,14)15/h8-10H,3-7H2,1-2H3,(H2,13,14,15)/t9-,10-/m1/s1. The van der Waals surface area contributed by atoms with Crippen LogP contribution in [0, 0.1) is 5.92 Å². The number of hydrogen-bond donors (Lipinski definition) is 2. The van der Waals surface area contributed by atoms with Crippen molar-refractivity contribution in [3.8, 4) is 0 Å². The number of phosphoric ester groups is 1. The van der Waals surface area contributed by atoms with Crippen LogP contribution < -0.4 is 0 Å². The van der Waals surface area contributed by atoms with Gasteiger partial charge in [-0.25, -0.2) is 9.36 Å². The highest BCUT2D eigenvalue weighted by atomic mass is 31.2. The second kappa shape index (κ2) is 7.24. The molecule has 8 heteroatoms. The molecule has 19 heavy (non-hydrogen) atoms. The van der Waals surface area contributed by atoms with Crippen LogP contribution in [0.15, 0.2) is 0 Å². The summed E-state index contributed by atoms with van der Waals surface area (Å²) in [6.07, 6.45) is 0.311. The summed E-state index contributed by atoms with van der Waals surface area (Å²) in [4.78, 5) is 29.1. The van der Waals surface area contributed by atoms with Crippen LogP contribution in [0.2, 0.25) is 0 Å². The number of carbonyl (C=O) groups is 1. The van der Waals surface area contributed by atoms with E-state index in [1.54, 1.807) is 0 Å². The molecule has 0 aromatic rings. The minimum absolute atomic E-state index is 0.195. The van der Waals surface area contributed by atoms with E-state index in [0.717, 1.165) is 12.8 Å². The minimum atomic E-state index is -4.58. The molecule has 1 aliphatic rings. The maximum atomic E-state index is 11.4.